The van der Waals surface area contributed by atoms with Gasteiger partial charge in [0.15, 0.2) is 11.1 Å². The summed E-state index contributed by atoms with van der Waals surface area (Å²) < 4.78 is 20.7. The summed E-state index contributed by atoms with van der Waals surface area (Å²) in [6, 6.07) is 13.3. The highest BCUT2D eigenvalue weighted by molar-refractivity contribution is 7.78. The Balaban J connectivity index is 1.92. The lowest BCUT2D eigenvalue weighted by molar-refractivity contribution is 0.0950. The molecule has 0 bridgehead atoms. The zero-order valence-corrected chi connectivity index (χ0v) is 16.5. The van der Waals surface area contributed by atoms with E-state index in [0.717, 1.165) is 16.7 Å². The number of aryl methyl sites for hydroxylation is 1. The average Bonchev–Trinajstić information content (AvgIpc) is 2.69. The van der Waals surface area contributed by atoms with Crippen molar-refractivity contribution in [1.82, 2.24) is 15.3 Å². The fourth-order valence-corrected chi connectivity index (χ4v) is 3.44. The average molecular weight is 395 g/mol. The highest BCUT2D eigenvalue weighted by Gasteiger charge is 2.16. The molecule has 0 aliphatic heterocycles. The fraction of sp³-hybridized carbons (Fsp3) is 0.190. The van der Waals surface area contributed by atoms with Crippen molar-refractivity contribution in [2.24, 2.45) is 0 Å². The maximum atomic E-state index is 12.8. The van der Waals surface area contributed by atoms with Gasteiger partial charge in [-0.2, -0.15) is 0 Å². The second kappa shape index (κ2) is 8.86. The predicted molar refractivity (Wildman–Crippen MR) is 109 cm³/mol. The Morgan fingerprint density at radius 1 is 1.07 bits per heavy atom. The highest BCUT2D eigenvalue weighted by atomic mass is 32.2. The number of hydrogen-bond donors (Lipinski definition) is 2. The van der Waals surface area contributed by atoms with Crippen molar-refractivity contribution in [3.05, 3.63) is 82.9 Å². The number of aromatic nitrogens is 2. The highest BCUT2D eigenvalue weighted by Crippen LogP contribution is 2.26. The van der Waals surface area contributed by atoms with Gasteiger partial charge < -0.3 is 9.87 Å². The number of nitrogens with zero attached hydrogens (tertiary/aromatic N) is 2. The van der Waals surface area contributed by atoms with E-state index in [-0.39, 0.29) is 11.7 Å². The standard InChI is InChI=1S/C21H21N3O3S/c1-14-19(13-28(26)27)8-18(17-6-4-3-5-7-17)9-20(14)21(25)24-12-16-10-22-15(2)23-11-16/h3-11H,12-13H2,1-2H3,(H,24,25)(H,26,27). The van der Waals surface area contributed by atoms with E-state index >= 15 is 0 Å². The van der Waals surface area contributed by atoms with Crippen LogP contribution in [0.1, 0.15) is 32.9 Å². The van der Waals surface area contributed by atoms with Gasteiger partial charge >= 0.3 is 0 Å². The quantitative estimate of drug-likeness (QED) is 0.624. The monoisotopic (exact) mass is 395 g/mol. The van der Waals surface area contributed by atoms with Crippen LogP contribution < -0.4 is 5.32 Å². The van der Waals surface area contributed by atoms with E-state index in [1.165, 1.54) is 0 Å². The first kappa shape index (κ1) is 19.9. The maximum Gasteiger partial charge on any atom is 0.251 e. The number of amides is 1. The lowest BCUT2D eigenvalue weighted by Crippen LogP contribution is -2.24. The van der Waals surface area contributed by atoms with Crippen LogP contribution in [0, 0.1) is 13.8 Å². The lowest BCUT2D eigenvalue weighted by Gasteiger charge is -2.14. The summed E-state index contributed by atoms with van der Waals surface area (Å²) >= 11 is -2.00. The molecule has 1 amide bonds. The van der Waals surface area contributed by atoms with Gasteiger partial charge in [0.25, 0.3) is 5.91 Å². The van der Waals surface area contributed by atoms with E-state index in [0.29, 0.717) is 29.1 Å². The predicted octanol–water partition coefficient (Wildman–Crippen LogP) is 3.41. The molecular formula is C21H21N3O3S. The molecule has 0 saturated carbocycles. The van der Waals surface area contributed by atoms with Gasteiger partial charge in [-0.3, -0.25) is 4.79 Å². The minimum absolute atomic E-state index is 0.0292. The van der Waals surface area contributed by atoms with Crippen molar-refractivity contribution in [2.75, 3.05) is 0 Å². The van der Waals surface area contributed by atoms with E-state index in [4.69, 9.17) is 0 Å². The summed E-state index contributed by atoms with van der Waals surface area (Å²) in [5, 5.41) is 2.88. The van der Waals surface area contributed by atoms with Crippen LogP contribution in [0.4, 0.5) is 0 Å². The topological polar surface area (TPSA) is 92.2 Å². The summed E-state index contributed by atoms with van der Waals surface area (Å²) in [7, 11) is 0. The van der Waals surface area contributed by atoms with Gasteiger partial charge in [0.2, 0.25) is 0 Å². The number of benzene rings is 2. The molecule has 1 atom stereocenters. The Morgan fingerprint density at radius 2 is 1.75 bits per heavy atom. The van der Waals surface area contributed by atoms with Crippen LogP contribution in [0.5, 0.6) is 0 Å². The molecule has 2 aromatic carbocycles. The van der Waals surface area contributed by atoms with Crippen molar-refractivity contribution < 1.29 is 13.6 Å². The van der Waals surface area contributed by atoms with Crippen molar-refractivity contribution in [3.8, 4) is 11.1 Å². The third-order valence-corrected chi connectivity index (χ3v) is 4.99. The van der Waals surface area contributed by atoms with Crippen LogP contribution in [0.25, 0.3) is 11.1 Å². The first-order chi connectivity index (χ1) is 13.4. The molecule has 1 aromatic heterocycles. The third-order valence-electron chi connectivity index (χ3n) is 4.43. The molecule has 28 heavy (non-hydrogen) atoms. The molecule has 144 valence electrons. The van der Waals surface area contributed by atoms with Crippen molar-refractivity contribution in [3.63, 3.8) is 0 Å². The van der Waals surface area contributed by atoms with Gasteiger partial charge in [-0.25, -0.2) is 14.2 Å². The van der Waals surface area contributed by atoms with Crippen LogP contribution >= 0.6 is 0 Å². The normalized spacial score (nSPS) is 11.8. The molecular weight excluding hydrogens is 374 g/mol. The van der Waals surface area contributed by atoms with E-state index in [2.05, 4.69) is 15.3 Å². The summed E-state index contributed by atoms with van der Waals surface area (Å²) in [5.74, 6) is 0.391. The van der Waals surface area contributed by atoms with E-state index < -0.39 is 11.1 Å². The molecule has 0 aliphatic rings. The Kier molecular flexibility index (Phi) is 6.28. The van der Waals surface area contributed by atoms with Crippen molar-refractivity contribution in [1.29, 1.82) is 0 Å². The zero-order valence-electron chi connectivity index (χ0n) is 15.7. The SMILES string of the molecule is Cc1ncc(CNC(=O)c2cc(-c3ccccc3)cc(CS(=O)O)c2C)cn1. The van der Waals surface area contributed by atoms with Gasteiger partial charge in [-0.05, 0) is 48.2 Å². The first-order valence-corrected chi connectivity index (χ1v) is 10.0. The molecule has 1 unspecified atom stereocenters. The molecule has 6 nitrogen and oxygen atoms in total. The van der Waals surface area contributed by atoms with E-state index in [1.807, 2.05) is 42.5 Å². The lowest BCUT2D eigenvalue weighted by atomic mass is 9.95. The molecule has 7 heteroatoms. The van der Waals surface area contributed by atoms with Crippen LogP contribution in [-0.4, -0.2) is 24.6 Å². The number of hydrogen-bond acceptors (Lipinski definition) is 4. The van der Waals surface area contributed by atoms with E-state index in [9.17, 15) is 13.6 Å². The molecule has 0 fully saturated rings. The summed E-state index contributed by atoms with van der Waals surface area (Å²) in [5.41, 5.74) is 4.41. The molecule has 0 radical (unpaired) electrons. The van der Waals surface area contributed by atoms with Crippen LogP contribution in [0.3, 0.4) is 0 Å². The molecule has 3 rings (SSSR count). The number of rotatable bonds is 6. The Labute approximate surface area is 166 Å². The van der Waals surface area contributed by atoms with Gasteiger partial charge in [0, 0.05) is 30.1 Å². The second-order valence-corrected chi connectivity index (χ2v) is 7.39. The number of carbonyl (C=O) groups is 1. The van der Waals surface area contributed by atoms with Crippen molar-refractivity contribution in [2.45, 2.75) is 26.1 Å². The second-order valence-electron chi connectivity index (χ2n) is 6.46. The first-order valence-electron chi connectivity index (χ1n) is 8.76. The Bertz CT molecular complexity index is 1010. The minimum Gasteiger partial charge on any atom is -0.348 e. The number of nitrogens with one attached hydrogen (secondary N) is 1. The third kappa shape index (κ3) is 4.88. The van der Waals surface area contributed by atoms with Gasteiger partial charge in [0.1, 0.15) is 5.82 Å². The van der Waals surface area contributed by atoms with Crippen molar-refractivity contribution >= 4 is 17.0 Å². The van der Waals surface area contributed by atoms with Crippen LogP contribution in [0.2, 0.25) is 0 Å². The fourth-order valence-electron chi connectivity index (χ4n) is 2.88. The summed E-state index contributed by atoms with van der Waals surface area (Å²) in [6.45, 7) is 3.89. The molecule has 3 aromatic rings. The molecule has 1 heterocycles. The van der Waals surface area contributed by atoms with Crippen LogP contribution in [-0.2, 0) is 23.4 Å². The maximum absolute atomic E-state index is 12.8. The summed E-state index contributed by atoms with van der Waals surface area (Å²) in [4.78, 5) is 21.1. The molecule has 2 N–H and O–H groups in total. The van der Waals surface area contributed by atoms with E-state index in [1.54, 1.807) is 26.2 Å². The Morgan fingerprint density at radius 3 is 2.39 bits per heavy atom. The molecule has 0 aliphatic carbocycles. The Hall–Kier alpha value is -2.90. The van der Waals surface area contributed by atoms with Gasteiger partial charge in [0.05, 0.1) is 5.75 Å². The summed E-state index contributed by atoms with van der Waals surface area (Å²) in [6.07, 6.45) is 3.35. The van der Waals surface area contributed by atoms with Gasteiger partial charge in [-0.15, -0.1) is 0 Å². The smallest absolute Gasteiger partial charge is 0.251 e. The zero-order chi connectivity index (χ0) is 20.1. The molecule has 0 spiro atoms. The molecule has 0 saturated heterocycles. The minimum atomic E-state index is -2.00. The number of carbonyl (C=O) groups excluding carboxylic acids is 1. The van der Waals surface area contributed by atoms with Gasteiger partial charge in [-0.1, -0.05) is 30.3 Å². The van der Waals surface area contributed by atoms with Crippen LogP contribution in [0.15, 0.2) is 54.9 Å². The largest absolute Gasteiger partial charge is 0.348 e.